The lowest BCUT2D eigenvalue weighted by Crippen LogP contribution is -2.43. The zero-order valence-electron chi connectivity index (χ0n) is 15.7. The van der Waals surface area contributed by atoms with Gasteiger partial charge in [0.05, 0.1) is 0 Å². The molecule has 3 amide bonds. The quantitative estimate of drug-likeness (QED) is 0.699. The van der Waals surface area contributed by atoms with Gasteiger partial charge in [-0.15, -0.1) is 0 Å². The number of amides is 3. The van der Waals surface area contributed by atoms with Crippen LogP contribution in [-0.4, -0.2) is 48.3 Å². The Labute approximate surface area is 154 Å². The van der Waals surface area contributed by atoms with Gasteiger partial charge >= 0.3 is 11.8 Å². The van der Waals surface area contributed by atoms with E-state index in [0.29, 0.717) is 29.9 Å². The first-order valence-electron chi connectivity index (χ1n) is 9.06. The number of nitrogens with one attached hydrogen (secondary N) is 3. The number of likely N-dealkylation sites (tertiary alicyclic amines) is 1. The van der Waals surface area contributed by atoms with Crippen LogP contribution < -0.4 is 16.0 Å². The van der Waals surface area contributed by atoms with E-state index in [-0.39, 0.29) is 5.91 Å². The highest BCUT2D eigenvalue weighted by Gasteiger charge is 2.22. The lowest BCUT2D eigenvalue weighted by atomic mass is 9.96. The topological polar surface area (TPSA) is 90.5 Å². The molecule has 1 aromatic rings. The standard InChI is InChI=1S/C19H28N4O3/c1-13(2)23-10-8-15(9-11-23)12-20-18(25)19(26)22-17-6-4-16(5-7-17)21-14(3)24/h4-7,13,15H,8-12H2,1-3H3,(H,20,25)(H,21,24)(H,22,26). The van der Waals surface area contributed by atoms with Crippen LogP contribution in [-0.2, 0) is 14.4 Å². The van der Waals surface area contributed by atoms with Crippen LogP contribution in [0.4, 0.5) is 11.4 Å². The molecule has 142 valence electrons. The third-order valence-corrected chi connectivity index (χ3v) is 4.60. The second-order valence-electron chi connectivity index (χ2n) is 7.00. The van der Waals surface area contributed by atoms with Crippen molar-refractivity contribution in [2.45, 2.75) is 39.7 Å². The van der Waals surface area contributed by atoms with Gasteiger partial charge in [0.25, 0.3) is 0 Å². The molecule has 7 nitrogen and oxygen atoms in total. The van der Waals surface area contributed by atoms with E-state index in [9.17, 15) is 14.4 Å². The molecule has 1 aromatic carbocycles. The average molecular weight is 360 g/mol. The molecule has 1 aliphatic rings. The molecule has 0 radical (unpaired) electrons. The highest BCUT2D eigenvalue weighted by molar-refractivity contribution is 6.39. The van der Waals surface area contributed by atoms with Gasteiger partial charge in [0, 0.05) is 30.9 Å². The maximum atomic E-state index is 12.0. The SMILES string of the molecule is CC(=O)Nc1ccc(NC(=O)C(=O)NCC2CCN(C(C)C)CC2)cc1. The highest BCUT2D eigenvalue weighted by Crippen LogP contribution is 2.18. The van der Waals surface area contributed by atoms with Crippen LogP contribution >= 0.6 is 0 Å². The van der Waals surface area contributed by atoms with Crippen molar-refractivity contribution < 1.29 is 14.4 Å². The molecule has 1 aliphatic heterocycles. The summed E-state index contributed by atoms with van der Waals surface area (Å²) in [7, 11) is 0. The van der Waals surface area contributed by atoms with E-state index < -0.39 is 11.8 Å². The number of hydrogen-bond donors (Lipinski definition) is 3. The molecule has 0 bridgehead atoms. The minimum atomic E-state index is -0.683. The van der Waals surface area contributed by atoms with Gasteiger partial charge < -0.3 is 20.9 Å². The van der Waals surface area contributed by atoms with E-state index >= 15 is 0 Å². The van der Waals surface area contributed by atoms with Crippen molar-refractivity contribution >= 4 is 29.1 Å². The Morgan fingerprint density at radius 3 is 2.04 bits per heavy atom. The van der Waals surface area contributed by atoms with Crippen molar-refractivity contribution in [3.05, 3.63) is 24.3 Å². The molecular weight excluding hydrogens is 332 g/mol. The molecule has 0 aromatic heterocycles. The van der Waals surface area contributed by atoms with Crippen LogP contribution in [0.25, 0.3) is 0 Å². The summed E-state index contributed by atoms with van der Waals surface area (Å²) in [6.45, 7) is 8.40. The molecule has 0 unspecified atom stereocenters. The second-order valence-corrected chi connectivity index (χ2v) is 7.00. The zero-order valence-corrected chi connectivity index (χ0v) is 15.7. The van der Waals surface area contributed by atoms with Crippen LogP contribution in [0, 0.1) is 5.92 Å². The second kappa shape index (κ2) is 9.33. The molecular formula is C19H28N4O3. The largest absolute Gasteiger partial charge is 0.348 e. The number of piperidine rings is 1. The van der Waals surface area contributed by atoms with E-state index in [1.54, 1.807) is 24.3 Å². The van der Waals surface area contributed by atoms with Crippen LogP contribution in [0.5, 0.6) is 0 Å². The maximum Gasteiger partial charge on any atom is 0.313 e. The molecule has 3 N–H and O–H groups in total. The summed E-state index contributed by atoms with van der Waals surface area (Å²) in [6.07, 6.45) is 2.06. The van der Waals surface area contributed by atoms with Crippen molar-refractivity contribution in [2.24, 2.45) is 5.92 Å². The summed E-state index contributed by atoms with van der Waals surface area (Å²) in [6, 6.07) is 7.15. The van der Waals surface area contributed by atoms with Gasteiger partial charge in [0.1, 0.15) is 0 Å². The minimum absolute atomic E-state index is 0.166. The third-order valence-electron chi connectivity index (χ3n) is 4.60. The lowest BCUT2D eigenvalue weighted by molar-refractivity contribution is -0.136. The molecule has 1 fully saturated rings. The average Bonchev–Trinajstić information content (AvgIpc) is 2.61. The van der Waals surface area contributed by atoms with E-state index in [4.69, 9.17) is 0 Å². The van der Waals surface area contributed by atoms with Gasteiger partial charge in [-0.3, -0.25) is 14.4 Å². The third kappa shape index (κ3) is 6.15. The number of hydrogen-bond acceptors (Lipinski definition) is 4. The molecule has 1 heterocycles. The van der Waals surface area contributed by atoms with E-state index in [1.807, 2.05) is 0 Å². The molecule has 2 rings (SSSR count). The predicted molar refractivity (Wildman–Crippen MR) is 102 cm³/mol. The molecule has 0 aliphatic carbocycles. The monoisotopic (exact) mass is 360 g/mol. The molecule has 1 saturated heterocycles. The summed E-state index contributed by atoms with van der Waals surface area (Å²) >= 11 is 0. The summed E-state index contributed by atoms with van der Waals surface area (Å²) in [5.41, 5.74) is 1.14. The molecule has 0 spiro atoms. The number of benzene rings is 1. The molecule has 26 heavy (non-hydrogen) atoms. The Balaban J connectivity index is 1.74. The van der Waals surface area contributed by atoms with Crippen LogP contribution in [0.15, 0.2) is 24.3 Å². The van der Waals surface area contributed by atoms with Gasteiger partial charge in [0.15, 0.2) is 0 Å². The molecule has 0 saturated carbocycles. The van der Waals surface area contributed by atoms with Crippen molar-refractivity contribution in [1.29, 1.82) is 0 Å². The van der Waals surface area contributed by atoms with Crippen molar-refractivity contribution in [3.63, 3.8) is 0 Å². The summed E-state index contributed by atoms with van der Waals surface area (Å²) in [5, 5.41) is 7.93. The van der Waals surface area contributed by atoms with Gasteiger partial charge in [-0.05, 0) is 70.0 Å². The highest BCUT2D eigenvalue weighted by atomic mass is 16.2. The summed E-state index contributed by atoms with van der Waals surface area (Å²) in [4.78, 5) is 37.4. The van der Waals surface area contributed by atoms with Crippen LogP contribution in [0.3, 0.4) is 0 Å². The molecule has 0 atom stereocenters. The number of carbonyl (C=O) groups excluding carboxylic acids is 3. The summed E-state index contributed by atoms with van der Waals surface area (Å²) < 4.78 is 0. The number of anilines is 2. The van der Waals surface area contributed by atoms with Crippen molar-refractivity contribution in [2.75, 3.05) is 30.3 Å². The lowest BCUT2D eigenvalue weighted by Gasteiger charge is -2.34. The van der Waals surface area contributed by atoms with E-state index in [0.717, 1.165) is 25.9 Å². The Bertz CT molecular complexity index is 635. The van der Waals surface area contributed by atoms with Crippen molar-refractivity contribution in [1.82, 2.24) is 10.2 Å². The Hall–Kier alpha value is -2.41. The first-order chi connectivity index (χ1) is 12.3. The van der Waals surface area contributed by atoms with E-state index in [1.165, 1.54) is 6.92 Å². The van der Waals surface area contributed by atoms with Crippen LogP contribution in [0.1, 0.15) is 33.6 Å². The van der Waals surface area contributed by atoms with Gasteiger partial charge in [-0.2, -0.15) is 0 Å². The molecule has 7 heteroatoms. The Kier molecular flexibility index (Phi) is 7.15. The number of carbonyl (C=O) groups is 3. The first-order valence-corrected chi connectivity index (χ1v) is 9.06. The first kappa shape index (κ1) is 19.9. The fourth-order valence-corrected chi connectivity index (χ4v) is 3.02. The number of nitrogens with zero attached hydrogens (tertiary/aromatic N) is 1. The normalized spacial score (nSPS) is 15.5. The maximum absolute atomic E-state index is 12.0. The Morgan fingerprint density at radius 1 is 1.00 bits per heavy atom. The Morgan fingerprint density at radius 2 is 1.54 bits per heavy atom. The van der Waals surface area contributed by atoms with E-state index in [2.05, 4.69) is 34.7 Å². The fourth-order valence-electron chi connectivity index (χ4n) is 3.02. The summed E-state index contributed by atoms with van der Waals surface area (Å²) in [5.74, 6) is -1.06. The smallest absolute Gasteiger partial charge is 0.313 e. The van der Waals surface area contributed by atoms with Gasteiger partial charge in [0.2, 0.25) is 5.91 Å². The van der Waals surface area contributed by atoms with Crippen molar-refractivity contribution in [3.8, 4) is 0 Å². The van der Waals surface area contributed by atoms with Gasteiger partial charge in [-0.1, -0.05) is 0 Å². The fraction of sp³-hybridized carbons (Fsp3) is 0.526. The minimum Gasteiger partial charge on any atom is -0.348 e. The van der Waals surface area contributed by atoms with Crippen LogP contribution in [0.2, 0.25) is 0 Å². The number of rotatable bonds is 5. The zero-order chi connectivity index (χ0) is 19.1. The predicted octanol–water partition coefficient (Wildman–Crippen LogP) is 1.82. The van der Waals surface area contributed by atoms with Gasteiger partial charge in [-0.25, -0.2) is 0 Å².